The largest absolute Gasteiger partial charge is 0.444 e. The molecule has 1 N–H and O–H groups in total. The van der Waals surface area contributed by atoms with E-state index in [0.717, 1.165) is 19.5 Å². The number of thioether (sulfide) groups is 1. The number of carbonyl (C=O) groups is 1. The Morgan fingerprint density at radius 3 is 2.92 bits per heavy atom. The number of ether oxygens (including phenoxy) is 1. The number of hydrogen-bond donors (Lipinski definition) is 1. The van der Waals surface area contributed by atoms with Crippen LogP contribution in [0.3, 0.4) is 0 Å². The number of nitrogens with zero attached hydrogens (tertiary/aromatic N) is 1. The van der Waals surface area contributed by atoms with Gasteiger partial charge in [-0.1, -0.05) is 18.6 Å². The number of rotatable bonds is 3. The van der Waals surface area contributed by atoms with Crippen LogP contribution in [0.15, 0.2) is 27.3 Å². The molecule has 0 aliphatic carbocycles. The zero-order chi connectivity index (χ0) is 18.0. The van der Waals surface area contributed by atoms with Gasteiger partial charge in [-0.05, 0) is 50.6 Å². The summed E-state index contributed by atoms with van der Waals surface area (Å²) in [5.41, 5.74) is 2.42. The van der Waals surface area contributed by atoms with Gasteiger partial charge in [-0.3, -0.25) is 0 Å². The smallest absolute Gasteiger partial charge is 0.410 e. The molecule has 2 atom stereocenters. The van der Waals surface area contributed by atoms with Crippen LogP contribution in [0.4, 0.5) is 4.79 Å². The van der Waals surface area contributed by atoms with Gasteiger partial charge in [0.2, 0.25) is 0 Å². The predicted molar refractivity (Wildman–Crippen MR) is 106 cm³/mol. The highest BCUT2D eigenvalue weighted by atomic mass is 32.2. The average Bonchev–Trinajstić information content (AvgIpc) is 2.99. The molecule has 1 amide bonds. The first kappa shape index (κ1) is 18.8. The van der Waals surface area contributed by atoms with Crippen LogP contribution in [-0.4, -0.2) is 41.5 Å². The van der Waals surface area contributed by atoms with Crippen LogP contribution < -0.4 is 5.32 Å². The number of carbonyl (C=O) groups excluding carboxylic acids is 1. The summed E-state index contributed by atoms with van der Waals surface area (Å²) in [7, 11) is 0. The van der Waals surface area contributed by atoms with Gasteiger partial charge in [-0.2, -0.15) is 0 Å². The normalized spacial score (nSPS) is 23.8. The van der Waals surface area contributed by atoms with E-state index in [1.54, 1.807) is 4.90 Å². The van der Waals surface area contributed by atoms with E-state index < -0.39 is 5.60 Å². The standard InChI is InChI=1S/C19H28N2O2S2/c1-13-11-16(15-7-10-24-17(15)25-13)20-12-14-5-8-21(9-6-14)18(22)23-19(2,3)4/h5,7,10,13,16,20H,6,8-9,11-12H2,1-4H3/t13-,16?/m0/s1. The highest BCUT2D eigenvalue weighted by Crippen LogP contribution is 2.43. The van der Waals surface area contributed by atoms with Gasteiger partial charge in [0.25, 0.3) is 0 Å². The maximum Gasteiger partial charge on any atom is 0.410 e. The van der Waals surface area contributed by atoms with Gasteiger partial charge in [0, 0.05) is 30.9 Å². The average molecular weight is 381 g/mol. The predicted octanol–water partition coefficient (Wildman–Crippen LogP) is 4.83. The Bertz CT molecular complexity index is 648. The fraction of sp³-hybridized carbons (Fsp3) is 0.632. The van der Waals surface area contributed by atoms with Gasteiger partial charge in [-0.15, -0.1) is 23.1 Å². The molecule has 3 heterocycles. The summed E-state index contributed by atoms with van der Waals surface area (Å²) < 4.78 is 6.91. The first-order chi connectivity index (χ1) is 11.8. The van der Waals surface area contributed by atoms with E-state index in [1.807, 2.05) is 43.9 Å². The topological polar surface area (TPSA) is 41.6 Å². The molecule has 0 saturated carbocycles. The molecule has 6 heteroatoms. The van der Waals surface area contributed by atoms with E-state index in [9.17, 15) is 4.79 Å². The zero-order valence-corrected chi connectivity index (χ0v) is 17.1. The van der Waals surface area contributed by atoms with Crippen molar-refractivity contribution < 1.29 is 9.53 Å². The molecule has 0 saturated heterocycles. The summed E-state index contributed by atoms with van der Waals surface area (Å²) >= 11 is 3.85. The van der Waals surface area contributed by atoms with Gasteiger partial charge in [-0.25, -0.2) is 4.79 Å². The third kappa shape index (κ3) is 5.02. The second-order valence-corrected chi connectivity index (χ2v) is 10.4. The monoisotopic (exact) mass is 380 g/mol. The Balaban J connectivity index is 1.52. The van der Waals surface area contributed by atoms with Crippen molar-refractivity contribution in [3.05, 3.63) is 28.7 Å². The summed E-state index contributed by atoms with van der Waals surface area (Å²) in [5, 5.41) is 6.59. The molecule has 4 nitrogen and oxygen atoms in total. The molecular weight excluding hydrogens is 352 g/mol. The summed E-state index contributed by atoms with van der Waals surface area (Å²) in [6, 6.07) is 2.71. The van der Waals surface area contributed by atoms with Crippen LogP contribution in [-0.2, 0) is 4.74 Å². The fourth-order valence-electron chi connectivity index (χ4n) is 3.16. The van der Waals surface area contributed by atoms with Crippen LogP contribution >= 0.6 is 23.1 Å². The molecule has 0 radical (unpaired) electrons. The second-order valence-electron chi connectivity index (χ2n) is 7.80. The Labute approximate surface area is 159 Å². The Morgan fingerprint density at radius 1 is 1.44 bits per heavy atom. The molecule has 0 spiro atoms. The lowest BCUT2D eigenvalue weighted by molar-refractivity contribution is 0.0265. The van der Waals surface area contributed by atoms with Crippen LogP contribution in [0.2, 0.25) is 0 Å². The minimum Gasteiger partial charge on any atom is -0.444 e. The van der Waals surface area contributed by atoms with Gasteiger partial charge in [0.1, 0.15) is 5.60 Å². The first-order valence-corrected chi connectivity index (χ1v) is 10.7. The van der Waals surface area contributed by atoms with Crippen molar-refractivity contribution in [2.45, 2.75) is 61.6 Å². The minimum absolute atomic E-state index is 0.211. The zero-order valence-electron chi connectivity index (χ0n) is 15.5. The summed E-state index contributed by atoms with van der Waals surface area (Å²) in [6.45, 7) is 10.3. The maximum absolute atomic E-state index is 12.1. The molecule has 0 aromatic carbocycles. The van der Waals surface area contributed by atoms with Crippen LogP contribution in [0.5, 0.6) is 0 Å². The highest BCUT2D eigenvalue weighted by molar-refractivity contribution is 8.01. The Hall–Kier alpha value is -0.980. The van der Waals surface area contributed by atoms with Crippen LogP contribution in [0.1, 0.15) is 52.1 Å². The third-order valence-electron chi connectivity index (χ3n) is 4.44. The molecular formula is C19H28N2O2S2. The van der Waals surface area contributed by atoms with Crippen molar-refractivity contribution in [3.63, 3.8) is 0 Å². The van der Waals surface area contributed by atoms with E-state index in [1.165, 1.54) is 21.8 Å². The van der Waals surface area contributed by atoms with Gasteiger partial charge in [0.15, 0.2) is 0 Å². The Morgan fingerprint density at radius 2 is 2.24 bits per heavy atom. The van der Waals surface area contributed by atoms with Crippen molar-refractivity contribution in [2.75, 3.05) is 19.6 Å². The lowest BCUT2D eigenvalue weighted by Crippen LogP contribution is -2.40. The highest BCUT2D eigenvalue weighted by Gasteiger charge is 2.27. The number of thiophene rings is 1. The van der Waals surface area contributed by atoms with Crippen LogP contribution in [0.25, 0.3) is 0 Å². The molecule has 2 aliphatic rings. The SMILES string of the molecule is C[C@H]1CC(NCC2=CCN(C(=O)OC(C)(C)C)CC2)c2ccsc2S1. The maximum atomic E-state index is 12.1. The molecule has 1 unspecified atom stereocenters. The lowest BCUT2D eigenvalue weighted by atomic mass is 10.0. The fourth-order valence-corrected chi connectivity index (χ4v) is 5.73. The second kappa shape index (κ2) is 7.72. The number of hydrogen-bond acceptors (Lipinski definition) is 5. The van der Waals surface area contributed by atoms with E-state index in [4.69, 9.17) is 4.74 Å². The molecule has 138 valence electrons. The first-order valence-electron chi connectivity index (χ1n) is 8.95. The summed E-state index contributed by atoms with van der Waals surface area (Å²) in [6.07, 6.45) is 4.05. The number of amides is 1. The molecule has 2 aliphatic heterocycles. The third-order valence-corrected chi connectivity index (χ3v) is 6.78. The van der Waals surface area contributed by atoms with Crippen LogP contribution in [0, 0.1) is 0 Å². The number of fused-ring (bicyclic) bond motifs is 1. The van der Waals surface area contributed by atoms with Gasteiger partial charge >= 0.3 is 6.09 Å². The van der Waals surface area contributed by atoms with E-state index in [-0.39, 0.29) is 6.09 Å². The van der Waals surface area contributed by atoms with Crippen molar-refractivity contribution in [1.29, 1.82) is 0 Å². The van der Waals surface area contributed by atoms with E-state index in [0.29, 0.717) is 17.8 Å². The Kier molecular flexibility index (Phi) is 5.81. The van der Waals surface area contributed by atoms with Crippen molar-refractivity contribution in [1.82, 2.24) is 10.2 Å². The molecule has 3 rings (SSSR count). The lowest BCUT2D eigenvalue weighted by Gasteiger charge is -2.31. The molecule has 1 aromatic heterocycles. The van der Waals surface area contributed by atoms with E-state index in [2.05, 4.69) is 29.8 Å². The van der Waals surface area contributed by atoms with Gasteiger partial charge in [0.05, 0.1) is 4.21 Å². The summed E-state index contributed by atoms with van der Waals surface area (Å²) in [5.74, 6) is 0. The van der Waals surface area contributed by atoms with Crippen molar-refractivity contribution in [2.24, 2.45) is 0 Å². The van der Waals surface area contributed by atoms with Gasteiger partial charge < -0.3 is 15.0 Å². The quantitative estimate of drug-likeness (QED) is 0.763. The molecule has 0 fully saturated rings. The molecule has 1 aromatic rings. The van der Waals surface area contributed by atoms with E-state index >= 15 is 0 Å². The molecule has 0 bridgehead atoms. The number of nitrogens with one attached hydrogen (secondary N) is 1. The van der Waals surface area contributed by atoms with Crippen molar-refractivity contribution >= 4 is 29.2 Å². The van der Waals surface area contributed by atoms with Crippen molar-refractivity contribution in [3.8, 4) is 0 Å². The molecule has 25 heavy (non-hydrogen) atoms. The minimum atomic E-state index is -0.434. The summed E-state index contributed by atoms with van der Waals surface area (Å²) in [4.78, 5) is 13.9.